The topological polar surface area (TPSA) is 27.7 Å². The van der Waals surface area contributed by atoms with Gasteiger partial charge < -0.3 is 14.2 Å². The smallest absolute Gasteiger partial charge is 0.118 e. The standard InChI is InChI=1S/C21H28O3/c1-21(2,3)20-12-16(15-7-9-18(24-6)10-8-15)11-17(13-22-4)19(20)14-23-5/h7-12H,13-14H2,1-6H3. The molecule has 2 aromatic carbocycles. The maximum absolute atomic E-state index is 5.45. The van der Waals surface area contributed by atoms with Crippen LogP contribution in [0.5, 0.6) is 5.75 Å². The maximum Gasteiger partial charge on any atom is 0.118 e. The second kappa shape index (κ2) is 7.82. The van der Waals surface area contributed by atoms with Gasteiger partial charge in [0.25, 0.3) is 0 Å². The summed E-state index contributed by atoms with van der Waals surface area (Å²) in [6.07, 6.45) is 0. The average Bonchev–Trinajstić information content (AvgIpc) is 2.55. The molecule has 0 aliphatic carbocycles. The highest BCUT2D eigenvalue weighted by Crippen LogP contribution is 2.34. The third-order valence-electron chi connectivity index (χ3n) is 4.16. The number of methoxy groups -OCH3 is 3. The van der Waals surface area contributed by atoms with Crippen LogP contribution in [0.25, 0.3) is 11.1 Å². The molecule has 2 rings (SSSR count). The van der Waals surface area contributed by atoms with Crippen molar-refractivity contribution < 1.29 is 14.2 Å². The first-order valence-electron chi connectivity index (χ1n) is 8.19. The molecular formula is C21H28O3. The van der Waals surface area contributed by atoms with Gasteiger partial charge in [-0.25, -0.2) is 0 Å². The van der Waals surface area contributed by atoms with E-state index >= 15 is 0 Å². The average molecular weight is 328 g/mol. The van der Waals surface area contributed by atoms with Gasteiger partial charge in [-0.15, -0.1) is 0 Å². The summed E-state index contributed by atoms with van der Waals surface area (Å²) in [5, 5.41) is 0. The summed E-state index contributed by atoms with van der Waals surface area (Å²) in [4.78, 5) is 0. The highest BCUT2D eigenvalue weighted by molar-refractivity contribution is 5.67. The Hall–Kier alpha value is -1.84. The molecule has 0 saturated heterocycles. The van der Waals surface area contributed by atoms with Gasteiger partial charge in [-0.2, -0.15) is 0 Å². The van der Waals surface area contributed by atoms with E-state index in [0.717, 1.165) is 5.75 Å². The van der Waals surface area contributed by atoms with Gasteiger partial charge in [-0.3, -0.25) is 0 Å². The number of benzene rings is 2. The molecule has 0 saturated carbocycles. The Balaban J connectivity index is 2.61. The highest BCUT2D eigenvalue weighted by atomic mass is 16.5. The molecule has 0 radical (unpaired) electrons. The monoisotopic (exact) mass is 328 g/mol. The van der Waals surface area contributed by atoms with Gasteiger partial charge in [0.15, 0.2) is 0 Å². The molecule has 0 N–H and O–H groups in total. The van der Waals surface area contributed by atoms with Crippen LogP contribution >= 0.6 is 0 Å². The Morgan fingerprint density at radius 1 is 0.792 bits per heavy atom. The van der Waals surface area contributed by atoms with Crippen molar-refractivity contribution in [3.8, 4) is 16.9 Å². The van der Waals surface area contributed by atoms with E-state index < -0.39 is 0 Å². The van der Waals surface area contributed by atoms with Gasteiger partial charge in [0.2, 0.25) is 0 Å². The summed E-state index contributed by atoms with van der Waals surface area (Å²) >= 11 is 0. The second-order valence-corrected chi connectivity index (χ2v) is 7.01. The molecule has 0 aromatic heterocycles. The van der Waals surface area contributed by atoms with Crippen molar-refractivity contribution in [2.45, 2.75) is 39.4 Å². The van der Waals surface area contributed by atoms with Crippen molar-refractivity contribution in [2.75, 3.05) is 21.3 Å². The minimum Gasteiger partial charge on any atom is -0.497 e. The molecule has 0 heterocycles. The van der Waals surface area contributed by atoms with Crippen molar-refractivity contribution in [3.05, 3.63) is 53.1 Å². The minimum atomic E-state index is 0.0266. The Morgan fingerprint density at radius 2 is 1.42 bits per heavy atom. The summed E-state index contributed by atoms with van der Waals surface area (Å²) < 4.78 is 16.1. The van der Waals surface area contributed by atoms with E-state index in [4.69, 9.17) is 14.2 Å². The zero-order valence-corrected chi connectivity index (χ0v) is 15.6. The third kappa shape index (κ3) is 4.16. The van der Waals surface area contributed by atoms with E-state index in [9.17, 15) is 0 Å². The van der Waals surface area contributed by atoms with Crippen LogP contribution in [-0.2, 0) is 28.1 Å². The molecule has 2 aromatic rings. The first-order chi connectivity index (χ1) is 11.4. The van der Waals surface area contributed by atoms with E-state index in [0.29, 0.717) is 13.2 Å². The highest BCUT2D eigenvalue weighted by Gasteiger charge is 2.21. The second-order valence-electron chi connectivity index (χ2n) is 7.01. The van der Waals surface area contributed by atoms with Crippen molar-refractivity contribution in [2.24, 2.45) is 0 Å². The van der Waals surface area contributed by atoms with Crippen LogP contribution in [0, 0.1) is 0 Å². The molecule has 0 aliphatic rings. The number of hydrogen-bond acceptors (Lipinski definition) is 3. The lowest BCUT2D eigenvalue weighted by Crippen LogP contribution is -2.17. The Morgan fingerprint density at radius 3 is 1.92 bits per heavy atom. The van der Waals surface area contributed by atoms with Crippen LogP contribution in [0.4, 0.5) is 0 Å². The molecule has 0 fully saturated rings. The molecule has 0 spiro atoms. The van der Waals surface area contributed by atoms with Gasteiger partial charge in [-0.05, 0) is 51.4 Å². The van der Waals surface area contributed by atoms with Crippen LogP contribution in [0.15, 0.2) is 36.4 Å². The van der Waals surface area contributed by atoms with Crippen LogP contribution in [-0.4, -0.2) is 21.3 Å². The lowest BCUT2D eigenvalue weighted by atomic mass is 9.80. The van der Waals surface area contributed by atoms with E-state index in [2.05, 4.69) is 45.0 Å². The zero-order valence-electron chi connectivity index (χ0n) is 15.6. The maximum atomic E-state index is 5.45. The first kappa shape index (κ1) is 18.5. The Kier molecular flexibility index (Phi) is 6.03. The summed E-state index contributed by atoms with van der Waals surface area (Å²) in [6, 6.07) is 12.6. The minimum absolute atomic E-state index is 0.0266. The van der Waals surface area contributed by atoms with Crippen LogP contribution < -0.4 is 4.74 Å². The lowest BCUT2D eigenvalue weighted by molar-refractivity contribution is 0.167. The summed E-state index contributed by atoms with van der Waals surface area (Å²) in [5.74, 6) is 0.864. The summed E-state index contributed by atoms with van der Waals surface area (Å²) in [7, 11) is 5.15. The van der Waals surface area contributed by atoms with Crippen LogP contribution in [0.3, 0.4) is 0 Å². The summed E-state index contributed by atoms with van der Waals surface area (Å²) in [6.45, 7) is 7.86. The fourth-order valence-corrected chi connectivity index (χ4v) is 2.95. The van der Waals surface area contributed by atoms with Crippen molar-refractivity contribution >= 4 is 0 Å². The first-order valence-corrected chi connectivity index (χ1v) is 8.19. The lowest BCUT2D eigenvalue weighted by Gasteiger charge is -2.26. The molecule has 24 heavy (non-hydrogen) atoms. The van der Waals surface area contributed by atoms with Crippen LogP contribution in [0.2, 0.25) is 0 Å². The Labute approximate surface area is 145 Å². The van der Waals surface area contributed by atoms with Crippen molar-refractivity contribution in [1.82, 2.24) is 0 Å². The molecule has 3 heteroatoms. The largest absolute Gasteiger partial charge is 0.497 e. The van der Waals surface area contributed by atoms with E-state index in [-0.39, 0.29) is 5.41 Å². The SMILES string of the molecule is COCc1cc(-c2ccc(OC)cc2)cc(C(C)(C)C)c1COC. The molecule has 0 atom stereocenters. The zero-order chi connectivity index (χ0) is 17.7. The van der Waals surface area contributed by atoms with Gasteiger partial charge in [0, 0.05) is 14.2 Å². The van der Waals surface area contributed by atoms with E-state index in [1.54, 1.807) is 21.3 Å². The number of hydrogen-bond donors (Lipinski definition) is 0. The number of ether oxygens (including phenoxy) is 3. The normalized spacial score (nSPS) is 11.6. The predicted octanol–water partition coefficient (Wildman–Crippen LogP) is 4.95. The quantitative estimate of drug-likeness (QED) is 0.750. The third-order valence-corrected chi connectivity index (χ3v) is 4.16. The molecule has 0 aliphatic heterocycles. The molecule has 3 nitrogen and oxygen atoms in total. The van der Waals surface area contributed by atoms with Gasteiger partial charge in [0.1, 0.15) is 5.75 Å². The van der Waals surface area contributed by atoms with Gasteiger partial charge in [0.05, 0.1) is 20.3 Å². The molecule has 130 valence electrons. The predicted molar refractivity (Wildman–Crippen MR) is 98.6 cm³/mol. The molecular weight excluding hydrogens is 300 g/mol. The Bertz CT molecular complexity index is 667. The summed E-state index contributed by atoms with van der Waals surface area (Å²) in [5.41, 5.74) is 6.09. The van der Waals surface area contributed by atoms with Crippen molar-refractivity contribution in [3.63, 3.8) is 0 Å². The molecule has 0 unspecified atom stereocenters. The molecule has 0 amide bonds. The number of rotatable bonds is 6. The van der Waals surface area contributed by atoms with Gasteiger partial charge >= 0.3 is 0 Å². The fraction of sp³-hybridized carbons (Fsp3) is 0.429. The van der Waals surface area contributed by atoms with Crippen molar-refractivity contribution in [1.29, 1.82) is 0 Å². The van der Waals surface area contributed by atoms with Gasteiger partial charge in [-0.1, -0.05) is 39.0 Å². The van der Waals surface area contributed by atoms with E-state index in [1.165, 1.54) is 27.8 Å². The van der Waals surface area contributed by atoms with E-state index in [1.807, 2.05) is 12.1 Å². The fourth-order valence-electron chi connectivity index (χ4n) is 2.95. The molecule has 0 bridgehead atoms. The van der Waals surface area contributed by atoms with Crippen LogP contribution in [0.1, 0.15) is 37.5 Å².